The van der Waals surface area contributed by atoms with Crippen LogP contribution in [0.2, 0.25) is 0 Å². The average Bonchev–Trinajstić information content (AvgIpc) is 3.23. The number of ether oxygens (including phenoxy) is 2. The molecule has 0 aliphatic carbocycles. The fourth-order valence-electron chi connectivity index (χ4n) is 7.23. The third-order valence-electron chi connectivity index (χ3n) is 10.8. The van der Waals surface area contributed by atoms with Crippen LogP contribution in [0.3, 0.4) is 0 Å². The van der Waals surface area contributed by atoms with Crippen LogP contribution in [0.4, 0.5) is 0 Å². The van der Waals surface area contributed by atoms with E-state index in [-0.39, 0.29) is 59.9 Å². The van der Waals surface area contributed by atoms with Gasteiger partial charge in [-0.1, -0.05) is 178 Å². The first-order valence-corrected chi connectivity index (χ1v) is 25.8. The molecule has 0 amide bonds. The second kappa shape index (κ2) is 31.9. The van der Waals surface area contributed by atoms with Gasteiger partial charge in [0.25, 0.3) is 10.1 Å². The summed E-state index contributed by atoms with van der Waals surface area (Å²) < 4.78 is 76.6. The van der Waals surface area contributed by atoms with Crippen LogP contribution in [0.1, 0.15) is 166 Å². The summed E-state index contributed by atoms with van der Waals surface area (Å²) in [7, 11) is -9.00. The van der Waals surface area contributed by atoms with E-state index in [0.29, 0.717) is 11.5 Å². The fourth-order valence-corrected chi connectivity index (χ4v) is 8.21. The van der Waals surface area contributed by atoms with Gasteiger partial charge >= 0.3 is 37.7 Å². The molecule has 0 aromatic heterocycles. The van der Waals surface area contributed by atoms with E-state index in [9.17, 15) is 36.2 Å². The first-order valence-electron chi connectivity index (χ1n) is 22.9. The molecule has 0 bridgehead atoms. The van der Waals surface area contributed by atoms with Gasteiger partial charge < -0.3 is 24.2 Å². The number of hydrogen-bond donors (Lipinski definition) is 2. The van der Waals surface area contributed by atoms with Crippen LogP contribution in [0.15, 0.2) is 94.7 Å². The van der Waals surface area contributed by atoms with Gasteiger partial charge in [-0.15, -0.1) is 0 Å². The van der Waals surface area contributed by atoms with Gasteiger partial charge in [0, 0.05) is 6.07 Å². The minimum absolute atomic E-state index is 0. The maximum Gasteiger partial charge on any atom is 2.00 e. The molecule has 4 aromatic rings. The summed E-state index contributed by atoms with van der Waals surface area (Å²) in [5.41, 5.74) is 2.24. The van der Waals surface area contributed by atoms with Crippen molar-refractivity contribution in [3.8, 4) is 34.5 Å². The zero-order valence-corrected chi connectivity index (χ0v) is 41.6. The minimum Gasteiger partial charge on any atom is -0.870 e. The van der Waals surface area contributed by atoms with Crippen LogP contribution in [-0.4, -0.2) is 68.8 Å². The smallest absolute Gasteiger partial charge is 0.870 e. The van der Waals surface area contributed by atoms with Gasteiger partial charge in [-0.25, -0.2) is 8.42 Å². The average molecular weight is 935 g/mol. The number of rotatable bonds is 30. The van der Waals surface area contributed by atoms with Crippen LogP contribution in [0.5, 0.6) is 34.5 Å². The van der Waals surface area contributed by atoms with E-state index in [4.69, 9.17) is 9.47 Å². The second-order valence-corrected chi connectivity index (χ2v) is 19.0. The van der Waals surface area contributed by atoms with Gasteiger partial charge in [0.05, 0.1) is 9.79 Å². The Hall–Kier alpha value is -2.84. The first kappa shape index (κ1) is 56.3. The summed E-state index contributed by atoms with van der Waals surface area (Å²) >= 11 is 0. The monoisotopic (exact) mass is 934 g/mol. The second-order valence-electron chi connectivity index (χ2n) is 16.2. The molecular weight excluding hydrogens is 865 g/mol. The molecule has 13 heteroatoms. The van der Waals surface area contributed by atoms with Gasteiger partial charge in [-0.05, 0) is 85.3 Å². The number of benzene rings is 4. The molecule has 0 saturated heterocycles. The standard InChI is InChI=1S/2C25H36O5S.Ca/c2*1-2-3-4-5-6-7-8-9-10-11-12-14-21-15-13-16-22(19-21)30-25-20-23(31(27,28)29)17-18-24(25)26;/h2*13,15-20,26H,2-12,14H2,1H3,(H,27,28,29);/q;;+2/p-2. The molecule has 0 aliphatic heterocycles. The van der Waals surface area contributed by atoms with E-state index in [1.807, 2.05) is 36.4 Å². The van der Waals surface area contributed by atoms with Gasteiger partial charge in [-0.2, -0.15) is 8.42 Å². The Morgan fingerprint density at radius 1 is 0.492 bits per heavy atom. The number of aromatic hydroxyl groups is 1. The summed E-state index contributed by atoms with van der Waals surface area (Å²) in [6, 6.07) is 21.5. The molecular formula is C50H70CaO10S2. The number of aryl methyl sites for hydroxylation is 2. The zero-order valence-electron chi connectivity index (χ0n) is 37.7. The predicted molar refractivity (Wildman–Crippen MR) is 251 cm³/mol. The maximum absolute atomic E-state index is 12.0. The molecule has 0 unspecified atom stereocenters. The molecule has 2 N–H and O–H groups in total. The van der Waals surface area contributed by atoms with Crippen molar-refractivity contribution >= 4 is 58.0 Å². The predicted octanol–water partition coefficient (Wildman–Crippen LogP) is 13.2. The van der Waals surface area contributed by atoms with Gasteiger partial charge in [-0.3, -0.25) is 4.55 Å². The van der Waals surface area contributed by atoms with Gasteiger partial charge in [0.15, 0.2) is 11.5 Å². The Morgan fingerprint density at radius 3 is 1.29 bits per heavy atom. The Bertz CT molecular complexity index is 1940. The third kappa shape index (κ3) is 24.3. The molecule has 0 aliphatic rings. The first-order chi connectivity index (χ1) is 29.8. The van der Waals surface area contributed by atoms with Crippen molar-refractivity contribution in [2.75, 3.05) is 0 Å². The van der Waals surface area contributed by atoms with E-state index in [1.54, 1.807) is 12.1 Å². The normalized spacial score (nSPS) is 11.4. The van der Waals surface area contributed by atoms with Crippen molar-refractivity contribution in [2.45, 2.75) is 178 Å². The molecule has 0 spiro atoms. The summed E-state index contributed by atoms with van der Waals surface area (Å²) in [6.07, 6.45) is 30.5. The molecule has 4 rings (SSSR count). The van der Waals surface area contributed by atoms with Crippen LogP contribution in [0, 0.1) is 0 Å². The topological polar surface area (TPSA) is 173 Å². The van der Waals surface area contributed by atoms with E-state index < -0.39 is 30.9 Å². The van der Waals surface area contributed by atoms with E-state index in [1.165, 1.54) is 134 Å². The summed E-state index contributed by atoms with van der Waals surface area (Å²) in [5.74, 6) is 0.138. The molecule has 0 atom stereocenters. The Kier molecular flexibility index (Phi) is 28.5. The molecule has 63 heavy (non-hydrogen) atoms. The molecule has 0 fully saturated rings. The summed E-state index contributed by atoms with van der Waals surface area (Å²) in [4.78, 5) is -0.795. The largest absolute Gasteiger partial charge is 2.00 e. The van der Waals surface area contributed by atoms with E-state index in [0.717, 1.165) is 67.1 Å². The van der Waals surface area contributed by atoms with Crippen molar-refractivity contribution in [3.63, 3.8) is 0 Å². The molecule has 0 radical (unpaired) electrons. The zero-order chi connectivity index (χ0) is 45.1. The summed E-state index contributed by atoms with van der Waals surface area (Å²) in [6.45, 7) is 4.49. The number of hydrogen-bond acceptors (Lipinski definition) is 9. The van der Waals surface area contributed by atoms with Crippen LogP contribution in [0.25, 0.3) is 0 Å². The number of phenolic OH excluding ortho intramolecular Hbond substituents is 1. The maximum atomic E-state index is 12.0. The molecule has 344 valence electrons. The van der Waals surface area contributed by atoms with E-state index in [2.05, 4.69) is 13.8 Å². The van der Waals surface area contributed by atoms with Crippen LogP contribution >= 0.6 is 0 Å². The SMILES string of the molecule is CCCCCCCCCCCCCc1cccc(Oc2cc(S(=O)(=O)O)ccc2O)c1.CCCCCCCCCCCCCc1cccc(Oc2cc(S(=O)(=O)[O-])ccc2[O-])c1.[Ca+2]. The van der Waals surface area contributed by atoms with Gasteiger partial charge in [0.2, 0.25) is 0 Å². The molecule has 0 saturated carbocycles. The Morgan fingerprint density at radius 2 is 0.873 bits per heavy atom. The quantitative estimate of drug-likeness (QED) is 0.0291. The summed E-state index contributed by atoms with van der Waals surface area (Å²) in [5, 5.41) is 21.9. The fraction of sp³-hybridized carbons (Fsp3) is 0.520. The van der Waals surface area contributed by atoms with Crippen LogP contribution in [-0.2, 0) is 33.1 Å². The molecule has 10 nitrogen and oxygen atoms in total. The minimum atomic E-state index is -4.64. The molecule has 4 aromatic carbocycles. The third-order valence-corrected chi connectivity index (χ3v) is 12.5. The van der Waals surface area contributed by atoms with Crippen molar-refractivity contribution < 1.29 is 45.6 Å². The Labute approximate surface area is 408 Å². The van der Waals surface area contributed by atoms with Crippen molar-refractivity contribution in [1.29, 1.82) is 0 Å². The van der Waals surface area contributed by atoms with Crippen LogP contribution < -0.4 is 14.6 Å². The Balaban J connectivity index is 0.000000427. The van der Waals surface area contributed by atoms with E-state index >= 15 is 0 Å². The number of unbranched alkanes of at least 4 members (excludes halogenated alkanes) is 20. The van der Waals surface area contributed by atoms with Gasteiger partial charge in [0.1, 0.15) is 27.4 Å². The molecule has 0 heterocycles. The van der Waals surface area contributed by atoms with Crippen molar-refractivity contribution in [2.24, 2.45) is 0 Å². The van der Waals surface area contributed by atoms with Crippen molar-refractivity contribution in [3.05, 3.63) is 96.1 Å². The number of phenols is 1. The van der Waals surface area contributed by atoms with Crippen molar-refractivity contribution in [1.82, 2.24) is 0 Å².